The van der Waals surface area contributed by atoms with Gasteiger partial charge in [0, 0.05) is 11.7 Å². The minimum atomic E-state index is -3.91. The molecule has 1 fully saturated rings. The van der Waals surface area contributed by atoms with Crippen LogP contribution in [0.3, 0.4) is 0 Å². The van der Waals surface area contributed by atoms with Gasteiger partial charge in [0.15, 0.2) is 6.10 Å². The van der Waals surface area contributed by atoms with E-state index in [1.165, 1.54) is 19.1 Å². The summed E-state index contributed by atoms with van der Waals surface area (Å²) < 4.78 is 33.6. The summed E-state index contributed by atoms with van der Waals surface area (Å²) in [6.45, 7) is 5.02. The SMILES string of the molecule is Cc1cccc(NS(=O)(=O)c2cc(C(=O)OC(C)C(=O)NC3CCCC3)ccc2C)c1. The molecule has 8 heteroatoms. The molecule has 0 radical (unpaired) electrons. The molecule has 2 aromatic carbocycles. The van der Waals surface area contributed by atoms with Gasteiger partial charge in [-0.3, -0.25) is 9.52 Å². The van der Waals surface area contributed by atoms with Crippen molar-refractivity contribution in [1.29, 1.82) is 0 Å². The summed E-state index contributed by atoms with van der Waals surface area (Å²) in [5, 5.41) is 2.89. The van der Waals surface area contributed by atoms with Gasteiger partial charge in [0.05, 0.1) is 10.5 Å². The molecule has 7 nitrogen and oxygen atoms in total. The number of benzene rings is 2. The van der Waals surface area contributed by atoms with E-state index < -0.39 is 22.1 Å². The largest absolute Gasteiger partial charge is 0.449 e. The molecular formula is C23H28N2O5S. The molecule has 166 valence electrons. The van der Waals surface area contributed by atoms with Crippen LogP contribution < -0.4 is 10.0 Å². The summed E-state index contributed by atoms with van der Waals surface area (Å²) in [6, 6.07) is 11.4. The highest BCUT2D eigenvalue weighted by molar-refractivity contribution is 7.92. The van der Waals surface area contributed by atoms with E-state index in [0.29, 0.717) is 11.3 Å². The number of carbonyl (C=O) groups is 2. The molecule has 1 amide bonds. The van der Waals surface area contributed by atoms with Crippen molar-refractivity contribution in [2.24, 2.45) is 0 Å². The lowest BCUT2D eigenvalue weighted by Crippen LogP contribution is -2.40. The number of hydrogen-bond acceptors (Lipinski definition) is 5. The van der Waals surface area contributed by atoms with Gasteiger partial charge in [-0.2, -0.15) is 0 Å². The van der Waals surface area contributed by atoms with Gasteiger partial charge in [-0.05, 0) is 69.0 Å². The van der Waals surface area contributed by atoms with Gasteiger partial charge in [-0.1, -0.05) is 31.0 Å². The second-order valence-electron chi connectivity index (χ2n) is 7.99. The zero-order valence-electron chi connectivity index (χ0n) is 18.0. The number of anilines is 1. The van der Waals surface area contributed by atoms with Crippen LogP contribution in [-0.2, 0) is 19.6 Å². The van der Waals surface area contributed by atoms with Crippen LogP contribution >= 0.6 is 0 Å². The Balaban J connectivity index is 1.73. The molecule has 1 atom stereocenters. The summed E-state index contributed by atoms with van der Waals surface area (Å²) in [7, 11) is -3.91. The predicted octanol–water partition coefficient (Wildman–Crippen LogP) is 3.71. The lowest BCUT2D eigenvalue weighted by Gasteiger charge is -2.17. The molecule has 0 aromatic heterocycles. The summed E-state index contributed by atoms with van der Waals surface area (Å²) in [4.78, 5) is 24.8. The van der Waals surface area contributed by atoms with Gasteiger partial charge in [0.2, 0.25) is 0 Å². The Morgan fingerprint density at radius 3 is 2.45 bits per heavy atom. The van der Waals surface area contributed by atoms with Crippen LogP contribution in [0.4, 0.5) is 5.69 Å². The first-order chi connectivity index (χ1) is 14.7. The van der Waals surface area contributed by atoms with Crippen molar-refractivity contribution in [3.8, 4) is 0 Å². The van der Waals surface area contributed by atoms with Gasteiger partial charge in [-0.25, -0.2) is 13.2 Å². The van der Waals surface area contributed by atoms with Crippen LogP contribution in [0, 0.1) is 13.8 Å². The number of carbonyl (C=O) groups excluding carboxylic acids is 2. The fraction of sp³-hybridized carbons (Fsp3) is 0.391. The van der Waals surface area contributed by atoms with Crippen molar-refractivity contribution in [3.63, 3.8) is 0 Å². The van der Waals surface area contributed by atoms with Crippen LogP contribution in [0.1, 0.15) is 54.1 Å². The summed E-state index contributed by atoms with van der Waals surface area (Å²) >= 11 is 0. The van der Waals surface area contributed by atoms with Crippen molar-refractivity contribution in [2.75, 3.05) is 4.72 Å². The first-order valence-corrected chi connectivity index (χ1v) is 11.9. The van der Waals surface area contributed by atoms with E-state index in [2.05, 4.69) is 10.0 Å². The lowest BCUT2D eigenvalue weighted by atomic mass is 10.1. The number of rotatable bonds is 7. The first kappa shape index (κ1) is 22.8. The Hall–Kier alpha value is -2.87. The number of amides is 1. The van der Waals surface area contributed by atoms with Gasteiger partial charge < -0.3 is 10.1 Å². The van der Waals surface area contributed by atoms with E-state index in [4.69, 9.17) is 4.74 Å². The average Bonchev–Trinajstić information content (AvgIpc) is 3.20. The molecule has 1 aliphatic carbocycles. The van der Waals surface area contributed by atoms with Crippen LogP contribution in [0.5, 0.6) is 0 Å². The number of aryl methyl sites for hydroxylation is 2. The molecule has 1 unspecified atom stereocenters. The first-order valence-electron chi connectivity index (χ1n) is 10.4. The number of nitrogens with one attached hydrogen (secondary N) is 2. The Kier molecular flexibility index (Phi) is 7.00. The molecule has 0 spiro atoms. The van der Waals surface area contributed by atoms with E-state index in [-0.39, 0.29) is 22.4 Å². The summed E-state index contributed by atoms with van der Waals surface area (Å²) in [5.41, 5.74) is 1.91. The zero-order chi connectivity index (χ0) is 22.6. The normalized spacial score (nSPS) is 15.3. The quantitative estimate of drug-likeness (QED) is 0.634. The minimum Gasteiger partial charge on any atom is -0.449 e. The Labute approximate surface area is 183 Å². The van der Waals surface area contributed by atoms with Gasteiger partial charge >= 0.3 is 5.97 Å². The second kappa shape index (κ2) is 9.51. The number of sulfonamides is 1. The highest BCUT2D eigenvalue weighted by Crippen LogP contribution is 2.22. The number of esters is 1. The van der Waals surface area contributed by atoms with Gasteiger partial charge in [0.25, 0.3) is 15.9 Å². The molecule has 3 rings (SSSR count). The molecular weight excluding hydrogens is 416 g/mol. The third kappa shape index (κ3) is 5.85. The summed E-state index contributed by atoms with van der Waals surface area (Å²) in [5.74, 6) is -1.10. The third-order valence-corrected chi connectivity index (χ3v) is 6.86. The van der Waals surface area contributed by atoms with Gasteiger partial charge in [-0.15, -0.1) is 0 Å². The molecule has 0 bridgehead atoms. The summed E-state index contributed by atoms with van der Waals surface area (Å²) in [6.07, 6.45) is 3.05. The van der Waals surface area contributed by atoms with Crippen LogP contribution in [0.2, 0.25) is 0 Å². The highest BCUT2D eigenvalue weighted by atomic mass is 32.2. The molecule has 0 heterocycles. The van der Waals surface area contributed by atoms with Crippen molar-refractivity contribution in [2.45, 2.75) is 63.5 Å². The van der Waals surface area contributed by atoms with Crippen molar-refractivity contribution in [3.05, 3.63) is 59.2 Å². The second-order valence-corrected chi connectivity index (χ2v) is 9.64. The van der Waals surface area contributed by atoms with Crippen molar-refractivity contribution >= 4 is 27.6 Å². The fourth-order valence-electron chi connectivity index (χ4n) is 3.61. The molecule has 1 saturated carbocycles. The van der Waals surface area contributed by atoms with Crippen LogP contribution in [0.25, 0.3) is 0 Å². The van der Waals surface area contributed by atoms with Crippen molar-refractivity contribution < 1.29 is 22.7 Å². The van der Waals surface area contributed by atoms with Crippen LogP contribution in [-0.4, -0.2) is 32.4 Å². The maximum atomic E-state index is 12.9. The average molecular weight is 445 g/mol. The highest BCUT2D eigenvalue weighted by Gasteiger charge is 2.25. The third-order valence-electron chi connectivity index (χ3n) is 5.34. The molecule has 31 heavy (non-hydrogen) atoms. The Bertz CT molecular complexity index is 1080. The van der Waals surface area contributed by atoms with Crippen molar-refractivity contribution in [1.82, 2.24) is 5.32 Å². The predicted molar refractivity (Wildman–Crippen MR) is 118 cm³/mol. The fourth-order valence-corrected chi connectivity index (χ4v) is 4.93. The van der Waals surface area contributed by atoms with E-state index in [1.807, 2.05) is 13.0 Å². The van der Waals surface area contributed by atoms with E-state index in [9.17, 15) is 18.0 Å². The smallest absolute Gasteiger partial charge is 0.338 e. The van der Waals surface area contributed by atoms with Crippen LogP contribution in [0.15, 0.2) is 47.4 Å². The van der Waals surface area contributed by atoms with E-state index >= 15 is 0 Å². The number of hydrogen-bond donors (Lipinski definition) is 2. The topological polar surface area (TPSA) is 102 Å². The maximum absolute atomic E-state index is 12.9. The monoisotopic (exact) mass is 444 g/mol. The van der Waals surface area contributed by atoms with Gasteiger partial charge in [0.1, 0.15) is 0 Å². The van der Waals surface area contributed by atoms with E-state index in [0.717, 1.165) is 31.2 Å². The maximum Gasteiger partial charge on any atom is 0.338 e. The van der Waals surface area contributed by atoms with E-state index in [1.54, 1.807) is 31.2 Å². The lowest BCUT2D eigenvalue weighted by molar-refractivity contribution is -0.129. The molecule has 2 aromatic rings. The number of ether oxygens (including phenoxy) is 1. The Morgan fingerprint density at radius 1 is 1.06 bits per heavy atom. The molecule has 2 N–H and O–H groups in total. The molecule has 0 saturated heterocycles. The Morgan fingerprint density at radius 2 is 1.77 bits per heavy atom. The minimum absolute atomic E-state index is 0.0217. The molecule has 0 aliphatic heterocycles. The molecule has 1 aliphatic rings. The zero-order valence-corrected chi connectivity index (χ0v) is 18.8. The standard InChI is InChI=1S/C23H28N2O5S/c1-15-7-6-10-20(13-15)25-31(28,29)21-14-18(12-11-16(21)2)23(27)30-17(3)22(26)24-19-8-4-5-9-19/h6-7,10-14,17,19,25H,4-5,8-9H2,1-3H3,(H,24,26).